The highest BCUT2D eigenvalue weighted by atomic mass is 19.4. The van der Waals surface area contributed by atoms with Crippen LogP contribution in [0.3, 0.4) is 0 Å². The number of rotatable bonds is 0. The van der Waals surface area contributed by atoms with Gasteiger partial charge in [0.2, 0.25) is 0 Å². The third kappa shape index (κ3) is 1.88. The topological polar surface area (TPSA) is 20.2 Å². The molecule has 2 aliphatic carbocycles. The van der Waals surface area contributed by atoms with E-state index in [-0.39, 0.29) is 18.3 Å². The molecule has 88 valence electrons. The van der Waals surface area contributed by atoms with Gasteiger partial charge in [0.25, 0.3) is 0 Å². The largest absolute Gasteiger partial charge is 0.417 e. The number of aliphatic hydroxyl groups is 1. The molecular formula is C11H17F3O. The van der Waals surface area contributed by atoms with Crippen molar-refractivity contribution in [1.29, 1.82) is 0 Å². The Kier molecular flexibility index (Phi) is 2.53. The van der Waals surface area contributed by atoms with Gasteiger partial charge in [-0.05, 0) is 43.9 Å². The van der Waals surface area contributed by atoms with Crippen LogP contribution in [0.2, 0.25) is 0 Å². The van der Waals surface area contributed by atoms with Crippen LogP contribution in [0, 0.1) is 5.41 Å². The molecule has 0 unspecified atom stereocenters. The Balaban J connectivity index is 2.02. The third-order valence-corrected chi connectivity index (χ3v) is 4.33. The summed E-state index contributed by atoms with van der Waals surface area (Å²) in [4.78, 5) is 0. The van der Waals surface area contributed by atoms with Gasteiger partial charge in [-0.2, -0.15) is 13.2 Å². The first-order valence-corrected chi connectivity index (χ1v) is 5.66. The molecule has 0 aromatic carbocycles. The van der Waals surface area contributed by atoms with Crippen molar-refractivity contribution in [2.75, 3.05) is 0 Å². The minimum atomic E-state index is -4.45. The molecule has 1 spiro atoms. The molecule has 0 amide bonds. The van der Waals surface area contributed by atoms with Gasteiger partial charge in [0.1, 0.15) is 0 Å². The summed E-state index contributed by atoms with van der Waals surface area (Å²) in [6.45, 7) is 0. The van der Waals surface area contributed by atoms with E-state index in [0.717, 1.165) is 25.7 Å². The Labute approximate surface area is 87.7 Å². The van der Waals surface area contributed by atoms with Crippen molar-refractivity contribution in [3.05, 3.63) is 0 Å². The molecule has 0 aromatic heterocycles. The van der Waals surface area contributed by atoms with Gasteiger partial charge in [-0.25, -0.2) is 0 Å². The fourth-order valence-corrected chi connectivity index (χ4v) is 3.10. The van der Waals surface area contributed by atoms with Gasteiger partial charge in [0.15, 0.2) is 5.60 Å². The van der Waals surface area contributed by atoms with Crippen LogP contribution in [-0.4, -0.2) is 16.9 Å². The van der Waals surface area contributed by atoms with Crippen molar-refractivity contribution in [2.45, 2.75) is 63.1 Å². The van der Waals surface area contributed by atoms with Crippen LogP contribution < -0.4 is 0 Å². The molecule has 4 heteroatoms. The lowest BCUT2D eigenvalue weighted by Gasteiger charge is -2.42. The first-order chi connectivity index (χ1) is 6.87. The van der Waals surface area contributed by atoms with Gasteiger partial charge >= 0.3 is 6.18 Å². The Morgan fingerprint density at radius 2 is 1.27 bits per heavy atom. The molecule has 0 radical (unpaired) electrons. The Bertz CT molecular complexity index is 231. The maximum absolute atomic E-state index is 12.6. The highest BCUT2D eigenvalue weighted by molar-refractivity contribution is 4.98. The van der Waals surface area contributed by atoms with Crippen molar-refractivity contribution in [3.63, 3.8) is 0 Å². The summed E-state index contributed by atoms with van der Waals surface area (Å²) in [7, 11) is 0. The lowest BCUT2D eigenvalue weighted by atomic mass is 9.67. The van der Waals surface area contributed by atoms with E-state index in [2.05, 4.69) is 0 Å². The molecule has 0 bridgehead atoms. The summed E-state index contributed by atoms with van der Waals surface area (Å²) < 4.78 is 37.7. The van der Waals surface area contributed by atoms with Crippen molar-refractivity contribution in [3.8, 4) is 0 Å². The van der Waals surface area contributed by atoms with Crippen LogP contribution in [0.5, 0.6) is 0 Å². The molecule has 15 heavy (non-hydrogen) atoms. The summed E-state index contributed by atoms with van der Waals surface area (Å²) in [5, 5.41) is 9.53. The fraction of sp³-hybridized carbons (Fsp3) is 1.00. The SMILES string of the molecule is OC1(C(F)(F)F)CCC2(CCCC2)CC1. The average molecular weight is 222 g/mol. The first kappa shape index (κ1) is 11.2. The van der Waals surface area contributed by atoms with Gasteiger partial charge in [0, 0.05) is 0 Å². The van der Waals surface area contributed by atoms with E-state index < -0.39 is 11.8 Å². The zero-order valence-electron chi connectivity index (χ0n) is 8.74. The van der Waals surface area contributed by atoms with E-state index in [1.54, 1.807) is 0 Å². The molecular weight excluding hydrogens is 205 g/mol. The second kappa shape index (κ2) is 3.37. The van der Waals surface area contributed by atoms with Gasteiger partial charge in [-0.3, -0.25) is 0 Å². The van der Waals surface area contributed by atoms with Gasteiger partial charge in [-0.1, -0.05) is 12.8 Å². The predicted molar refractivity (Wildman–Crippen MR) is 50.4 cm³/mol. The minimum Gasteiger partial charge on any atom is -0.380 e. The average Bonchev–Trinajstić information content (AvgIpc) is 2.58. The highest BCUT2D eigenvalue weighted by Gasteiger charge is 2.57. The molecule has 0 aliphatic heterocycles. The second-order valence-electron chi connectivity index (χ2n) is 5.24. The zero-order chi connectivity index (χ0) is 11.2. The fourth-order valence-electron chi connectivity index (χ4n) is 3.10. The molecule has 0 saturated heterocycles. The van der Waals surface area contributed by atoms with Crippen molar-refractivity contribution < 1.29 is 18.3 Å². The Hall–Kier alpha value is -0.250. The predicted octanol–water partition coefficient (Wildman–Crippen LogP) is 3.41. The molecule has 1 nitrogen and oxygen atoms in total. The van der Waals surface area contributed by atoms with Crippen LogP contribution in [0.25, 0.3) is 0 Å². The van der Waals surface area contributed by atoms with Crippen molar-refractivity contribution in [1.82, 2.24) is 0 Å². The van der Waals surface area contributed by atoms with Crippen molar-refractivity contribution in [2.24, 2.45) is 5.41 Å². The molecule has 0 heterocycles. The number of halogens is 3. The van der Waals surface area contributed by atoms with E-state index in [4.69, 9.17) is 0 Å². The number of alkyl halides is 3. The third-order valence-electron chi connectivity index (χ3n) is 4.33. The zero-order valence-corrected chi connectivity index (χ0v) is 8.74. The summed E-state index contributed by atoms with van der Waals surface area (Å²) in [6, 6.07) is 0. The van der Waals surface area contributed by atoms with Gasteiger partial charge in [0.05, 0.1) is 0 Å². The maximum Gasteiger partial charge on any atom is 0.417 e. The van der Waals surface area contributed by atoms with Crippen LogP contribution in [0.1, 0.15) is 51.4 Å². The lowest BCUT2D eigenvalue weighted by molar-refractivity contribution is -0.275. The Morgan fingerprint density at radius 1 is 0.800 bits per heavy atom. The van der Waals surface area contributed by atoms with Crippen LogP contribution in [0.15, 0.2) is 0 Å². The lowest BCUT2D eigenvalue weighted by Crippen LogP contribution is -2.49. The summed E-state index contributed by atoms with van der Waals surface area (Å²) in [5.41, 5.74) is -2.27. The van der Waals surface area contributed by atoms with E-state index in [1.807, 2.05) is 0 Å². The maximum atomic E-state index is 12.6. The highest BCUT2D eigenvalue weighted by Crippen LogP contribution is 2.54. The Morgan fingerprint density at radius 3 is 1.67 bits per heavy atom. The molecule has 0 aromatic rings. The molecule has 2 rings (SSSR count). The van der Waals surface area contributed by atoms with E-state index in [0.29, 0.717) is 12.8 Å². The standard InChI is InChI=1S/C11H17F3O/c12-11(13,14)10(15)7-5-9(6-8-10)3-1-2-4-9/h15H,1-8H2. The summed E-state index contributed by atoms with van der Waals surface area (Å²) >= 11 is 0. The van der Waals surface area contributed by atoms with Crippen LogP contribution in [0.4, 0.5) is 13.2 Å². The molecule has 2 fully saturated rings. The molecule has 2 saturated carbocycles. The van der Waals surface area contributed by atoms with E-state index in [1.165, 1.54) is 0 Å². The van der Waals surface area contributed by atoms with E-state index >= 15 is 0 Å². The molecule has 1 N–H and O–H groups in total. The molecule has 0 atom stereocenters. The minimum absolute atomic E-state index is 0.101. The quantitative estimate of drug-likeness (QED) is 0.666. The van der Waals surface area contributed by atoms with Crippen LogP contribution in [-0.2, 0) is 0 Å². The number of hydrogen-bond donors (Lipinski definition) is 1. The van der Waals surface area contributed by atoms with Gasteiger partial charge in [-0.15, -0.1) is 0 Å². The smallest absolute Gasteiger partial charge is 0.380 e. The van der Waals surface area contributed by atoms with Crippen LogP contribution >= 0.6 is 0 Å². The van der Waals surface area contributed by atoms with Crippen molar-refractivity contribution >= 4 is 0 Å². The van der Waals surface area contributed by atoms with Gasteiger partial charge < -0.3 is 5.11 Å². The first-order valence-electron chi connectivity index (χ1n) is 5.66. The number of hydrogen-bond acceptors (Lipinski definition) is 1. The summed E-state index contributed by atoms with van der Waals surface area (Å²) in [6.07, 6.45) is 0.836. The summed E-state index contributed by atoms with van der Waals surface area (Å²) in [5.74, 6) is 0. The second-order valence-corrected chi connectivity index (χ2v) is 5.24. The molecule has 2 aliphatic rings. The van der Waals surface area contributed by atoms with E-state index in [9.17, 15) is 18.3 Å². The normalized spacial score (nSPS) is 29.6. The monoisotopic (exact) mass is 222 g/mol.